The summed E-state index contributed by atoms with van der Waals surface area (Å²) in [6, 6.07) is 6.43. The molecule has 25 heavy (non-hydrogen) atoms. The van der Waals surface area contributed by atoms with Gasteiger partial charge in [-0.2, -0.15) is 0 Å². The van der Waals surface area contributed by atoms with Crippen LogP contribution in [0.4, 0.5) is 5.69 Å². The van der Waals surface area contributed by atoms with Crippen molar-refractivity contribution in [3.8, 4) is 0 Å². The van der Waals surface area contributed by atoms with Gasteiger partial charge in [-0.3, -0.25) is 10.1 Å². The van der Waals surface area contributed by atoms with Gasteiger partial charge in [-0.1, -0.05) is 23.9 Å². The largest absolute Gasteiger partial charge is 0.416 e. The number of non-ortho nitro benzene ring substituents is 1. The van der Waals surface area contributed by atoms with Crippen molar-refractivity contribution >= 4 is 27.3 Å². The third-order valence-corrected chi connectivity index (χ3v) is 6.90. The molecule has 0 saturated carbocycles. The van der Waals surface area contributed by atoms with Crippen molar-refractivity contribution in [1.82, 2.24) is 10.2 Å². The van der Waals surface area contributed by atoms with Gasteiger partial charge in [0.15, 0.2) is 9.84 Å². The summed E-state index contributed by atoms with van der Waals surface area (Å²) in [5.74, 6) is 0.840. The van der Waals surface area contributed by atoms with Crippen LogP contribution in [-0.4, -0.2) is 35.0 Å². The lowest BCUT2D eigenvalue weighted by Gasteiger charge is -2.08. The number of thioether (sulfide) groups is 1. The maximum atomic E-state index is 11.5. The van der Waals surface area contributed by atoms with E-state index in [9.17, 15) is 18.5 Å². The molecule has 134 valence electrons. The molecule has 1 aliphatic rings. The smallest absolute Gasteiger partial charge is 0.277 e. The molecule has 0 aliphatic carbocycles. The van der Waals surface area contributed by atoms with E-state index in [-0.39, 0.29) is 28.4 Å². The van der Waals surface area contributed by atoms with E-state index in [2.05, 4.69) is 10.2 Å². The topological polar surface area (TPSA) is 116 Å². The zero-order valence-corrected chi connectivity index (χ0v) is 15.1. The highest BCUT2D eigenvalue weighted by Gasteiger charge is 2.29. The van der Waals surface area contributed by atoms with Crippen LogP contribution in [0.15, 0.2) is 33.9 Å². The maximum Gasteiger partial charge on any atom is 0.277 e. The van der Waals surface area contributed by atoms with Gasteiger partial charge in [0.05, 0.1) is 16.4 Å². The van der Waals surface area contributed by atoms with E-state index in [1.165, 1.54) is 23.9 Å². The van der Waals surface area contributed by atoms with Crippen molar-refractivity contribution in [2.45, 2.75) is 30.2 Å². The molecule has 2 atom stereocenters. The Morgan fingerprint density at radius 1 is 1.44 bits per heavy atom. The molecule has 1 aromatic heterocycles. The van der Waals surface area contributed by atoms with Crippen molar-refractivity contribution in [2.24, 2.45) is 5.92 Å². The van der Waals surface area contributed by atoms with E-state index in [1.807, 2.05) is 13.0 Å². The molecular formula is C15H17N3O5S2. The third kappa shape index (κ3) is 4.57. The average Bonchev–Trinajstić information content (AvgIpc) is 3.13. The van der Waals surface area contributed by atoms with Gasteiger partial charge in [-0.15, -0.1) is 10.2 Å². The lowest BCUT2D eigenvalue weighted by molar-refractivity contribution is -0.384. The normalized spacial score (nSPS) is 20.4. The summed E-state index contributed by atoms with van der Waals surface area (Å²) in [6.07, 6.45) is 1.08. The quantitative estimate of drug-likeness (QED) is 0.425. The molecular weight excluding hydrogens is 366 g/mol. The molecule has 2 heterocycles. The fraction of sp³-hybridized carbons (Fsp3) is 0.467. The van der Waals surface area contributed by atoms with Crippen LogP contribution in [0.25, 0.3) is 0 Å². The second kappa shape index (κ2) is 7.12. The Hall–Kier alpha value is -1.94. The van der Waals surface area contributed by atoms with Gasteiger partial charge in [0.2, 0.25) is 5.89 Å². The van der Waals surface area contributed by atoms with Crippen LogP contribution in [0.2, 0.25) is 0 Å². The predicted molar refractivity (Wildman–Crippen MR) is 92.1 cm³/mol. The molecule has 1 aliphatic heterocycles. The summed E-state index contributed by atoms with van der Waals surface area (Å²) in [4.78, 5) is 10.4. The van der Waals surface area contributed by atoms with Crippen molar-refractivity contribution < 1.29 is 17.8 Å². The fourth-order valence-corrected chi connectivity index (χ4v) is 5.44. The van der Waals surface area contributed by atoms with Crippen molar-refractivity contribution in [3.63, 3.8) is 0 Å². The average molecular weight is 383 g/mol. The molecule has 0 bridgehead atoms. The van der Waals surface area contributed by atoms with Crippen molar-refractivity contribution in [1.29, 1.82) is 0 Å². The number of aromatic nitrogens is 2. The molecule has 0 amide bonds. The van der Waals surface area contributed by atoms with Crippen LogP contribution in [0.3, 0.4) is 0 Å². The summed E-state index contributed by atoms with van der Waals surface area (Å²) in [5.41, 5.74) is 0.833. The summed E-state index contributed by atoms with van der Waals surface area (Å²) >= 11 is 1.31. The Morgan fingerprint density at radius 3 is 2.92 bits per heavy atom. The molecule has 1 fully saturated rings. The van der Waals surface area contributed by atoms with Gasteiger partial charge in [0.1, 0.15) is 0 Å². The molecule has 2 aromatic rings. The number of nitro benzene ring substituents is 1. The third-order valence-electron chi connectivity index (χ3n) is 4.07. The number of benzene rings is 1. The van der Waals surface area contributed by atoms with Gasteiger partial charge in [0.25, 0.3) is 10.9 Å². The summed E-state index contributed by atoms with van der Waals surface area (Å²) in [5, 5.41) is 19.1. The lowest BCUT2D eigenvalue weighted by atomic mass is 10.1. The first-order chi connectivity index (χ1) is 11.8. The minimum Gasteiger partial charge on any atom is -0.416 e. The second-order valence-corrected chi connectivity index (χ2v) is 9.57. The van der Waals surface area contributed by atoms with Gasteiger partial charge >= 0.3 is 0 Å². The monoisotopic (exact) mass is 383 g/mol. The minimum absolute atomic E-state index is 0.0255. The van der Waals surface area contributed by atoms with Crippen LogP contribution < -0.4 is 0 Å². The van der Waals surface area contributed by atoms with E-state index in [0.29, 0.717) is 24.0 Å². The Balaban J connectivity index is 1.63. The molecule has 0 radical (unpaired) electrons. The summed E-state index contributed by atoms with van der Waals surface area (Å²) in [6.45, 7) is 1.90. The van der Waals surface area contributed by atoms with Gasteiger partial charge in [-0.05, 0) is 24.8 Å². The number of sulfone groups is 1. The van der Waals surface area contributed by atoms with Crippen LogP contribution in [0.1, 0.15) is 30.0 Å². The molecule has 10 heteroatoms. The Labute approximate surface area is 149 Å². The summed E-state index contributed by atoms with van der Waals surface area (Å²) in [7, 11) is -2.93. The van der Waals surface area contributed by atoms with Crippen molar-refractivity contribution in [3.05, 3.63) is 45.8 Å². The van der Waals surface area contributed by atoms with Crippen LogP contribution in [0, 0.1) is 16.0 Å². The highest BCUT2D eigenvalue weighted by molar-refractivity contribution is 7.99. The first-order valence-electron chi connectivity index (χ1n) is 7.76. The van der Waals surface area contributed by atoms with E-state index < -0.39 is 14.8 Å². The maximum absolute atomic E-state index is 11.5. The molecule has 0 N–H and O–H groups in total. The molecule has 3 rings (SSSR count). The zero-order chi connectivity index (χ0) is 18.0. The summed E-state index contributed by atoms with van der Waals surface area (Å²) < 4.78 is 28.6. The zero-order valence-electron chi connectivity index (χ0n) is 13.5. The number of nitrogens with zero attached hydrogens (tertiary/aromatic N) is 3. The van der Waals surface area contributed by atoms with Crippen LogP contribution >= 0.6 is 11.8 Å². The number of nitro groups is 1. The lowest BCUT2D eigenvalue weighted by Crippen LogP contribution is -2.07. The first-order valence-corrected chi connectivity index (χ1v) is 10.5. The van der Waals surface area contributed by atoms with Crippen LogP contribution in [0.5, 0.6) is 0 Å². The van der Waals surface area contributed by atoms with Crippen LogP contribution in [-0.2, 0) is 16.3 Å². The van der Waals surface area contributed by atoms with Gasteiger partial charge in [-0.25, -0.2) is 8.42 Å². The molecule has 1 aromatic carbocycles. The number of hydrogen-bond donors (Lipinski definition) is 0. The van der Waals surface area contributed by atoms with E-state index in [4.69, 9.17) is 4.42 Å². The SMILES string of the molecule is CC(Sc1nnc(CC2CCS(=O)(=O)C2)o1)c1cccc([N+](=O)[O-])c1. The van der Waals surface area contributed by atoms with E-state index >= 15 is 0 Å². The first kappa shape index (κ1) is 17.9. The predicted octanol–water partition coefficient (Wildman–Crippen LogP) is 2.81. The second-order valence-electron chi connectivity index (χ2n) is 6.05. The molecule has 1 saturated heterocycles. The molecule has 2 unspecified atom stereocenters. The number of rotatable bonds is 6. The highest BCUT2D eigenvalue weighted by atomic mass is 32.2. The van der Waals surface area contributed by atoms with Crippen molar-refractivity contribution in [2.75, 3.05) is 11.5 Å². The fourth-order valence-electron chi connectivity index (χ4n) is 2.76. The Bertz CT molecular complexity index is 881. The van der Waals surface area contributed by atoms with Gasteiger partial charge in [0, 0.05) is 23.8 Å². The van der Waals surface area contributed by atoms with E-state index in [1.54, 1.807) is 6.07 Å². The van der Waals surface area contributed by atoms with Gasteiger partial charge < -0.3 is 4.42 Å². The van der Waals surface area contributed by atoms with E-state index in [0.717, 1.165) is 5.56 Å². The highest BCUT2D eigenvalue weighted by Crippen LogP contribution is 2.35. The standard InChI is InChI=1S/C15H17N3O5S2/c1-10(12-3-2-4-13(8-12)18(19)20)24-15-17-16-14(23-15)7-11-5-6-25(21,22)9-11/h2-4,8,10-11H,5-7,9H2,1H3. The Kier molecular flexibility index (Phi) is 5.09. The molecule has 8 nitrogen and oxygen atoms in total. The molecule has 0 spiro atoms. The minimum atomic E-state index is -2.93. The Morgan fingerprint density at radius 2 is 2.24 bits per heavy atom. The number of hydrogen-bond acceptors (Lipinski definition) is 8.